The number of hydrogen-bond donors (Lipinski definition) is 2. The van der Waals surface area contributed by atoms with E-state index in [2.05, 4.69) is 15.2 Å². The molecule has 2 N–H and O–H groups in total. The topological polar surface area (TPSA) is 84.2 Å². The van der Waals surface area contributed by atoms with Crippen molar-refractivity contribution >= 4 is 10.0 Å². The SMILES string of the molecule is Cc1cc(CS(=O)(=O)NCCC2CCCNC2)no1. The maximum atomic E-state index is 11.8. The smallest absolute Gasteiger partial charge is 0.217 e. The van der Waals surface area contributed by atoms with Crippen LogP contribution in [0.4, 0.5) is 0 Å². The molecule has 0 aliphatic carbocycles. The zero-order chi connectivity index (χ0) is 13.7. The third-order valence-electron chi connectivity index (χ3n) is 3.29. The van der Waals surface area contributed by atoms with Crippen LogP contribution in [0.3, 0.4) is 0 Å². The number of sulfonamides is 1. The van der Waals surface area contributed by atoms with Gasteiger partial charge in [-0.25, -0.2) is 13.1 Å². The summed E-state index contributed by atoms with van der Waals surface area (Å²) in [4.78, 5) is 0. The van der Waals surface area contributed by atoms with Crippen molar-refractivity contribution in [2.24, 2.45) is 5.92 Å². The van der Waals surface area contributed by atoms with Gasteiger partial charge in [-0.15, -0.1) is 0 Å². The highest BCUT2D eigenvalue weighted by molar-refractivity contribution is 7.88. The molecule has 0 bridgehead atoms. The van der Waals surface area contributed by atoms with Crippen LogP contribution in [-0.2, 0) is 15.8 Å². The first-order valence-electron chi connectivity index (χ1n) is 6.65. The second kappa shape index (κ2) is 6.49. The van der Waals surface area contributed by atoms with Crippen LogP contribution in [0.15, 0.2) is 10.6 Å². The molecule has 1 aliphatic rings. The summed E-state index contributed by atoms with van der Waals surface area (Å²) in [6.07, 6.45) is 3.23. The lowest BCUT2D eigenvalue weighted by atomic mass is 9.96. The molecule has 0 amide bonds. The molecule has 1 saturated heterocycles. The summed E-state index contributed by atoms with van der Waals surface area (Å²) in [5.74, 6) is 1.08. The van der Waals surface area contributed by atoms with E-state index in [0.29, 0.717) is 23.9 Å². The minimum atomic E-state index is -3.32. The quantitative estimate of drug-likeness (QED) is 0.808. The van der Waals surface area contributed by atoms with Gasteiger partial charge in [0.05, 0.1) is 0 Å². The molecule has 2 heterocycles. The second-order valence-electron chi connectivity index (χ2n) is 5.08. The molecule has 1 aromatic rings. The number of nitrogens with one attached hydrogen (secondary N) is 2. The molecule has 1 atom stereocenters. The Morgan fingerprint density at radius 3 is 3.05 bits per heavy atom. The van der Waals surface area contributed by atoms with Crippen LogP contribution in [0.1, 0.15) is 30.7 Å². The van der Waals surface area contributed by atoms with Gasteiger partial charge in [-0.1, -0.05) is 5.16 Å². The summed E-state index contributed by atoms with van der Waals surface area (Å²) in [6, 6.07) is 1.64. The Morgan fingerprint density at radius 2 is 2.42 bits per heavy atom. The Kier molecular flexibility index (Phi) is 4.95. The summed E-state index contributed by atoms with van der Waals surface area (Å²) >= 11 is 0. The van der Waals surface area contributed by atoms with Gasteiger partial charge < -0.3 is 9.84 Å². The fraction of sp³-hybridized carbons (Fsp3) is 0.750. The first-order valence-corrected chi connectivity index (χ1v) is 8.31. The molecule has 1 fully saturated rings. The molecular formula is C12H21N3O3S. The third-order valence-corrected chi connectivity index (χ3v) is 4.61. The van der Waals surface area contributed by atoms with Crippen LogP contribution in [-0.4, -0.2) is 33.2 Å². The van der Waals surface area contributed by atoms with E-state index in [1.807, 2.05) is 0 Å². The summed E-state index contributed by atoms with van der Waals surface area (Å²) in [5, 5.41) is 7.02. The van der Waals surface area contributed by atoms with Crippen LogP contribution in [0.2, 0.25) is 0 Å². The molecule has 19 heavy (non-hydrogen) atoms. The Balaban J connectivity index is 1.74. The van der Waals surface area contributed by atoms with Crippen molar-refractivity contribution in [3.8, 4) is 0 Å². The minimum absolute atomic E-state index is 0.118. The molecule has 1 aliphatic heterocycles. The zero-order valence-electron chi connectivity index (χ0n) is 11.2. The van der Waals surface area contributed by atoms with Gasteiger partial charge in [0.1, 0.15) is 17.2 Å². The van der Waals surface area contributed by atoms with Crippen molar-refractivity contribution in [3.63, 3.8) is 0 Å². The average molecular weight is 287 g/mol. The highest BCUT2D eigenvalue weighted by Gasteiger charge is 2.16. The average Bonchev–Trinajstić information content (AvgIpc) is 2.75. The molecule has 1 unspecified atom stereocenters. The van der Waals surface area contributed by atoms with Gasteiger partial charge in [-0.3, -0.25) is 0 Å². The highest BCUT2D eigenvalue weighted by atomic mass is 32.2. The van der Waals surface area contributed by atoms with E-state index in [1.165, 1.54) is 12.8 Å². The molecule has 0 aromatic carbocycles. The normalized spacial score (nSPS) is 20.6. The second-order valence-corrected chi connectivity index (χ2v) is 6.89. The van der Waals surface area contributed by atoms with Gasteiger partial charge in [0.15, 0.2) is 0 Å². The zero-order valence-corrected chi connectivity index (χ0v) is 12.0. The maximum absolute atomic E-state index is 11.8. The lowest BCUT2D eigenvalue weighted by molar-refractivity contribution is 0.358. The van der Waals surface area contributed by atoms with E-state index in [0.717, 1.165) is 19.5 Å². The van der Waals surface area contributed by atoms with Gasteiger partial charge in [0.2, 0.25) is 10.0 Å². The number of hydrogen-bond acceptors (Lipinski definition) is 5. The number of nitrogens with zero attached hydrogens (tertiary/aromatic N) is 1. The first-order chi connectivity index (χ1) is 9.05. The number of aryl methyl sites for hydroxylation is 1. The number of rotatable bonds is 6. The Morgan fingerprint density at radius 1 is 1.58 bits per heavy atom. The van der Waals surface area contributed by atoms with Crippen molar-refractivity contribution in [3.05, 3.63) is 17.5 Å². The van der Waals surface area contributed by atoms with Gasteiger partial charge in [-0.2, -0.15) is 0 Å². The van der Waals surface area contributed by atoms with Crippen molar-refractivity contribution < 1.29 is 12.9 Å². The van der Waals surface area contributed by atoms with Gasteiger partial charge in [0.25, 0.3) is 0 Å². The molecule has 1 aromatic heterocycles. The van der Waals surface area contributed by atoms with Gasteiger partial charge >= 0.3 is 0 Å². The van der Waals surface area contributed by atoms with Crippen molar-refractivity contribution in [1.82, 2.24) is 15.2 Å². The van der Waals surface area contributed by atoms with E-state index >= 15 is 0 Å². The Hall–Kier alpha value is -0.920. The fourth-order valence-corrected chi connectivity index (χ4v) is 3.38. The summed E-state index contributed by atoms with van der Waals surface area (Å²) in [5.41, 5.74) is 0.448. The Bertz CT molecular complexity index is 492. The van der Waals surface area contributed by atoms with Crippen molar-refractivity contribution in [1.29, 1.82) is 0 Å². The van der Waals surface area contributed by atoms with Crippen LogP contribution < -0.4 is 10.0 Å². The van der Waals surface area contributed by atoms with E-state index in [-0.39, 0.29) is 5.75 Å². The van der Waals surface area contributed by atoms with Crippen molar-refractivity contribution in [2.75, 3.05) is 19.6 Å². The summed E-state index contributed by atoms with van der Waals surface area (Å²) < 4.78 is 31.2. The molecule has 2 rings (SSSR count). The molecule has 6 nitrogen and oxygen atoms in total. The molecule has 0 saturated carbocycles. The van der Waals surface area contributed by atoms with E-state index in [1.54, 1.807) is 13.0 Å². The number of aromatic nitrogens is 1. The van der Waals surface area contributed by atoms with Crippen LogP contribution in [0.25, 0.3) is 0 Å². The summed E-state index contributed by atoms with van der Waals surface area (Å²) in [6.45, 7) is 4.30. The predicted octanol–water partition coefficient (Wildman–Crippen LogP) is 0.792. The van der Waals surface area contributed by atoms with Crippen molar-refractivity contribution in [2.45, 2.75) is 31.9 Å². The highest BCUT2D eigenvalue weighted by Crippen LogP contribution is 2.13. The fourth-order valence-electron chi connectivity index (χ4n) is 2.32. The predicted molar refractivity (Wildman–Crippen MR) is 72.1 cm³/mol. The summed E-state index contributed by atoms with van der Waals surface area (Å²) in [7, 11) is -3.32. The van der Waals surface area contributed by atoms with Gasteiger partial charge in [0, 0.05) is 12.6 Å². The molecule has 0 spiro atoms. The molecule has 108 valence electrons. The van der Waals surface area contributed by atoms with Gasteiger partial charge in [-0.05, 0) is 45.2 Å². The first kappa shape index (κ1) is 14.5. The van der Waals surface area contributed by atoms with Crippen LogP contribution >= 0.6 is 0 Å². The molecule has 7 heteroatoms. The van der Waals surface area contributed by atoms with E-state index < -0.39 is 10.0 Å². The van der Waals surface area contributed by atoms with Crippen LogP contribution in [0, 0.1) is 12.8 Å². The maximum Gasteiger partial charge on any atom is 0.217 e. The minimum Gasteiger partial charge on any atom is -0.361 e. The number of piperidine rings is 1. The lowest BCUT2D eigenvalue weighted by Crippen LogP contribution is -2.33. The lowest BCUT2D eigenvalue weighted by Gasteiger charge is -2.22. The van der Waals surface area contributed by atoms with Crippen LogP contribution in [0.5, 0.6) is 0 Å². The molecular weight excluding hydrogens is 266 g/mol. The monoisotopic (exact) mass is 287 g/mol. The standard InChI is InChI=1S/C12H21N3O3S/c1-10-7-12(15-18-10)9-19(16,17)14-6-4-11-3-2-5-13-8-11/h7,11,13-14H,2-6,8-9H2,1H3. The van der Waals surface area contributed by atoms with E-state index in [4.69, 9.17) is 4.52 Å². The Labute approximate surface area is 114 Å². The largest absolute Gasteiger partial charge is 0.361 e. The third kappa shape index (κ3) is 4.93. The molecule has 0 radical (unpaired) electrons. The van der Waals surface area contributed by atoms with E-state index in [9.17, 15) is 8.42 Å².